The predicted molar refractivity (Wildman–Crippen MR) is 164 cm³/mol. The Morgan fingerprint density at radius 1 is 1.00 bits per heavy atom. The molecule has 222 valence electrons. The lowest BCUT2D eigenvalue weighted by molar-refractivity contribution is -0.127. The Bertz CT molecular complexity index is 1580. The van der Waals surface area contributed by atoms with E-state index in [-0.39, 0.29) is 35.4 Å². The highest BCUT2D eigenvalue weighted by molar-refractivity contribution is 7.90. The molecule has 2 amide bonds. The van der Waals surface area contributed by atoms with E-state index in [1.54, 1.807) is 12.1 Å². The normalized spacial score (nSPS) is 20.1. The largest absolute Gasteiger partial charge is 0.374 e. The lowest BCUT2D eigenvalue weighted by Gasteiger charge is -2.36. The van der Waals surface area contributed by atoms with E-state index in [0.29, 0.717) is 5.69 Å². The summed E-state index contributed by atoms with van der Waals surface area (Å²) in [6.45, 7) is 1.62. The molecule has 0 bridgehead atoms. The van der Waals surface area contributed by atoms with E-state index in [1.807, 2.05) is 42.5 Å². The van der Waals surface area contributed by atoms with Crippen LogP contribution in [0, 0.1) is 0 Å². The number of hydrogen-bond donors (Lipinski definition) is 3. The molecule has 2 heterocycles. The average Bonchev–Trinajstić information content (AvgIpc) is 3.24. The fourth-order valence-corrected chi connectivity index (χ4v) is 7.38. The number of piperidine rings is 1. The lowest BCUT2D eigenvalue weighted by atomic mass is 9.75. The third-order valence-corrected chi connectivity index (χ3v) is 10.3. The van der Waals surface area contributed by atoms with Gasteiger partial charge in [-0.3, -0.25) is 9.59 Å². The van der Waals surface area contributed by atoms with Crippen molar-refractivity contribution in [2.24, 2.45) is 0 Å². The summed E-state index contributed by atoms with van der Waals surface area (Å²) in [5, 5.41) is 6.53. The molecule has 0 saturated carbocycles. The van der Waals surface area contributed by atoms with Gasteiger partial charge in [0.25, 0.3) is 11.8 Å². The molecule has 42 heavy (non-hydrogen) atoms. The van der Waals surface area contributed by atoms with E-state index in [4.69, 9.17) is 27.9 Å². The first-order chi connectivity index (χ1) is 20.0. The van der Waals surface area contributed by atoms with Crippen molar-refractivity contribution in [1.29, 1.82) is 0 Å². The van der Waals surface area contributed by atoms with Gasteiger partial charge in [0, 0.05) is 17.2 Å². The molecule has 2 aliphatic heterocycles. The van der Waals surface area contributed by atoms with Crippen LogP contribution in [0.15, 0.2) is 72.8 Å². The van der Waals surface area contributed by atoms with Crippen molar-refractivity contribution in [3.05, 3.63) is 99.5 Å². The molecular weight excluding hydrogens is 599 g/mol. The number of nitrogens with zero attached hydrogens (tertiary/aromatic N) is 1. The van der Waals surface area contributed by atoms with Crippen LogP contribution in [0.2, 0.25) is 10.0 Å². The van der Waals surface area contributed by atoms with Crippen molar-refractivity contribution >= 4 is 50.7 Å². The summed E-state index contributed by atoms with van der Waals surface area (Å²) in [7, 11) is -3.94. The molecule has 0 radical (unpaired) electrons. The summed E-state index contributed by atoms with van der Waals surface area (Å²) in [6.07, 6.45) is 2.58. The standard InChI is InChI=1S/C30H32Cl2N4O5S/c1-42(39,40)36(20-30(13-15-33-16-14-30)23-9-5-6-10-27(23)36)35-29(38)26(19-41-18-21-7-3-2-4-8-21)34-28(37)22-11-12-24(31)25(32)17-22/h2-12,17,26,33H,13-16,18-20H2,1H3,(H-,34,35,37,38)/p+1. The summed E-state index contributed by atoms with van der Waals surface area (Å²) < 4.78 is 32.3. The number of sulfonamides is 1. The van der Waals surface area contributed by atoms with Gasteiger partial charge in [-0.05, 0) is 49.7 Å². The zero-order chi connectivity index (χ0) is 30.0. The molecule has 2 unspecified atom stereocenters. The van der Waals surface area contributed by atoms with E-state index >= 15 is 0 Å². The number of hydrogen-bond acceptors (Lipinski definition) is 6. The van der Waals surface area contributed by atoms with Crippen LogP contribution in [0.5, 0.6) is 0 Å². The zero-order valence-corrected chi connectivity index (χ0v) is 25.4. The first-order valence-corrected chi connectivity index (χ1v) is 16.2. The number of fused-ring (bicyclic) bond motifs is 2. The van der Waals surface area contributed by atoms with Gasteiger partial charge in [-0.2, -0.15) is 13.8 Å². The van der Waals surface area contributed by atoms with Crippen LogP contribution in [0.4, 0.5) is 5.69 Å². The summed E-state index contributed by atoms with van der Waals surface area (Å²) in [5.41, 5.74) is 4.90. The van der Waals surface area contributed by atoms with Crippen LogP contribution in [0.1, 0.15) is 34.3 Å². The van der Waals surface area contributed by atoms with Gasteiger partial charge in [0.05, 0.1) is 34.9 Å². The molecule has 3 aromatic rings. The molecule has 2 aliphatic rings. The number of rotatable bonds is 9. The van der Waals surface area contributed by atoms with Crippen LogP contribution in [-0.4, -0.2) is 58.8 Å². The van der Waals surface area contributed by atoms with E-state index in [1.165, 1.54) is 18.2 Å². The van der Waals surface area contributed by atoms with Gasteiger partial charge in [-0.1, -0.05) is 75.7 Å². The second kappa shape index (κ2) is 12.3. The van der Waals surface area contributed by atoms with Gasteiger partial charge in [0.15, 0.2) is 5.69 Å². The van der Waals surface area contributed by atoms with E-state index in [9.17, 15) is 18.0 Å². The maximum Gasteiger partial charge on any atom is 0.321 e. The number of ether oxygens (including phenoxy) is 1. The molecule has 0 aliphatic carbocycles. The van der Waals surface area contributed by atoms with Gasteiger partial charge in [-0.15, -0.1) is 0 Å². The number of amides is 2. The molecule has 0 aromatic heterocycles. The van der Waals surface area contributed by atoms with Crippen molar-refractivity contribution in [3.63, 3.8) is 0 Å². The Morgan fingerprint density at radius 2 is 1.69 bits per heavy atom. The average molecular weight is 633 g/mol. The number of carbonyl (C=O) groups is 2. The van der Waals surface area contributed by atoms with Crippen LogP contribution in [-0.2, 0) is 31.6 Å². The second-order valence-corrected chi connectivity index (χ2v) is 13.7. The van der Waals surface area contributed by atoms with E-state index in [0.717, 1.165) is 43.3 Å². The number of para-hydroxylation sites is 1. The molecule has 9 nitrogen and oxygen atoms in total. The molecule has 12 heteroatoms. The minimum absolute atomic E-state index is 0.150. The van der Waals surface area contributed by atoms with Crippen molar-refractivity contribution in [2.45, 2.75) is 30.9 Å². The molecule has 1 spiro atoms. The quantitative estimate of drug-likeness (QED) is 0.308. The first kappa shape index (κ1) is 30.5. The van der Waals surface area contributed by atoms with Gasteiger partial charge in [-0.25, -0.2) is 0 Å². The SMILES string of the molecule is CS(=O)(=O)[N+]1(NC(=O)C(COCc2ccccc2)NC(=O)c2ccc(Cl)c(Cl)c2)CC2(CCNCC2)c2ccccc21. The highest BCUT2D eigenvalue weighted by Gasteiger charge is 2.60. The zero-order valence-electron chi connectivity index (χ0n) is 23.1. The number of quaternary nitrogens is 1. The third kappa shape index (κ3) is 6.06. The maximum absolute atomic E-state index is 14.0. The Morgan fingerprint density at radius 3 is 2.38 bits per heavy atom. The van der Waals surface area contributed by atoms with Gasteiger partial charge in [0.2, 0.25) is 0 Å². The molecule has 5 rings (SSSR count). The van der Waals surface area contributed by atoms with Gasteiger partial charge in [0.1, 0.15) is 12.6 Å². The fourth-order valence-electron chi connectivity index (χ4n) is 5.83. The highest BCUT2D eigenvalue weighted by atomic mass is 35.5. The second-order valence-electron chi connectivity index (χ2n) is 10.8. The lowest BCUT2D eigenvalue weighted by Crippen LogP contribution is -2.68. The summed E-state index contributed by atoms with van der Waals surface area (Å²) in [5.74, 6) is -1.28. The number of benzene rings is 3. The monoisotopic (exact) mass is 631 g/mol. The van der Waals surface area contributed by atoms with Gasteiger partial charge >= 0.3 is 10.0 Å². The van der Waals surface area contributed by atoms with Crippen LogP contribution in [0.25, 0.3) is 0 Å². The topological polar surface area (TPSA) is 114 Å². The van der Waals surface area contributed by atoms with Crippen molar-refractivity contribution in [3.8, 4) is 0 Å². The molecule has 3 aromatic carbocycles. The maximum atomic E-state index is 14.0. The molecule has 1 saturated heterocycles. The number of halogens is 2. The number of nitrogens with one attached hydrogen (secondary N) is 3. The minimum Gasteiger partial charge on any atom is -0.374 e. The summed E-state index contributed by atoms with van der Waals surface area (Å²) in [6, 6.07) is 19.9. The summed E-state index contributed by atoms with van der Waals surface area (Å²) in [4.78, 5) is 27.2. The molecule has 2 atom stereocenters. The molecule has 3 N–H and O–H groups in total. The van der Waals surface area contributed by atoms with Crippen LogP contribution < -0.4 is 20.1 Å². The van der Waals surface area contributed by atoms with Crippen molar-refractivity contribution in [2.75, 3.05) is 32.5 Å². The Kier molecular flexibility index (Phi) is 8.94. The predicted octanol–water partition coefficient (Wildman–Crippen LogP) is 3.94. The Balaban J connectivity index is 1.46. The highest BCUT2D eigenvalue weighted by Crippen LogP contribution is 2.50. The van der Waals surface area contributed by atoms with Crippen molar-refractivity contribution in [1.82, 2.24) is 20.1 Å². The molecular formula is C30H33Cl2N4O5S+. The Labute approximate surface area is 255 Å². The Hall–Kier alpha value is -2.99. The van der Waals surface area contributed by atoms with E-state index in [2.05, 4.69) is 16.1 Å². The van der Waals surface area contributed by atoms with Crippen LogP contribution in [0.3, 0.4) is 0 Å². The molecule has 1 fully saturated rings. The summed E-state index contributed by atoms with van der Waals surface area (Å²) >= 11 is 12.1. The number of carbonyl (C=O) groups excluding carboxylic acids is 2. The smallest absolute Gasteiger partial charge is 0.321 e. The first-order valence-electron chi connectivity index (χ1n) is 13.6. The van der Waals surface area contributed by atoms with Gasteiger partial charge < -0.3 is 15.4 Å². The van der Waals surface area contributed by atoms with Crippen LogP contribution >= 0.6 is 23.2 Å². The minimum atomic E-state index is -3.94. The third-order valence-electron chi connectivity index (χ3n) is 8.01. The fraction of sp³-hybridized carbons (Fsp3) is 0.333. The van der Waals surface area contributed by atoms with E-state index < -0.39 is 37.3 Å². The van der Waals surface area contributed by atoms with Crippen molar-refractivity contribution < 1.29 is 22.7 Å².